The van der Waals surface area contributed by atoms with Crippen molar-refractivity contribution in [2.24, 2.45) is 5.41 Å². The molecule has 0 aliphatic carbocycles. The van der Waals surface area contributed by atoms with Crippen molar-refractivity contribution in [3.63, 3.8) is 0 Å². The number of amides is 1. The van der Waals surface area contributed by atoms with Gasteiger partial charge in [0.1, 0.15) is 6.26 Å². The molecule has 1 amide bonds. The highest BCUT2D eigenvalue weighted by atomic mass is 16.3. The summed E-state index contributed by atoms with van der Waals surface area (Å²) in [4.78, 5) is 12.0. The average Bonchev–Trinajstić information content (AvgIpc) is 3.06. The molecule has 0 aliphatic rings. The lowest BCUT2D eigenvalue weighted by atomic mass is 9.88. The number of hydrogen-bond donors (Lipinski definition) is 2. The molecule has 120 valence electrons. The summed E-state index contributed by atoms with van der Waals surface area (Å²) >= 11 is 0. The van der Waals surface area contributed by atoms with Gasteiger partial charge < -0.3 is 15.1 Å². The molecule has 5 nitrogen and oxygen atoms in total. The molecule has 1 aromatic heterocycles. The standard InChI is InChI=1S/C18H21N3O2/c1-18(2,8-4-9-19)13-20-15-5-3-6-16(11-15)21-17(22)14-7-10-23-12-14/h3,5-7,10-12,20H,4,8,13H2,1-2H3,(H,21,22). The van der Waals surface area contributed by atoms with Crippen LogP contribution in [0.3, 0.4) is 0 Å². The fourth-order valence-corrected chi connectivity index (χ4v) is 2.13. The molecule has 23 heavy (non-hydrogen) atoms. The predicted molar refractivity (Wildman–Crippen MR) is 90.2 cm³/mol. The molecule has 2 rings (SSSR count). The van der Waals surface area contributed by atoms with Crippen molar-refractivity contribution >= 4 is 17.3 Å². The van der Waals surface area contributed by atoms with Crippen LogP contribution < -0.4 is 10.6 Å². The third-order valence-electron chi connectivity index (χ3n) is 3.59. The lowest BCUT2D eigenvalue weighted by molar-refractivity contribution is 0.102. The van der Waals surface area contributed by atoms with Crippen LogP contribution in [0.2, 0.25) is 0 Å². The van der Waals surface area contributed by atoms with Crippen molar-refractivity contribution in [2.75, 3.05) is 17.2 Å². The van der Waals surface area contributed by atoms with Crippen molar-refractivity contribution in [2.45, 2.75) is 26.7 Å². The van der Waals surface area contributed by atoms with E-state index in [4.69, 9.17) is 9.68 Å². The second-order valence-electron chi connectivity index (χ2n) is 6.22. The van der Waals surface area contributed by atoms with E-state index < -0.39 is 0 Å². The summed E-state index contributed by atoms with van der Waals surface area (Å²) in [5, 5.41) is 14.9. The monoisotopic (exact) mass is 311 g/mol. The third-order valence-corrected chi connectivity index (χ3v) is 3.59. The topological polar surface area (TPSA) is 78.1 Å². The number of nitrogens with zero attached hydrogens (tertiary/aromatic N) is 1. The Morgan fingerprint density at radius 1 is 1.30 bits per heavy atom. The smallest absolute Gasteiger partial charge is 0.258 e. The van der Waals surface area contributed by atoms with E-state index in [2.05, 4.69) is 30.6 Å². The number of furan rings is 1. The SMILES string of the molecule is CC(C)(CCC#N)CNc1cccc(NC(=O)c2ccoc2)c1. The van der Waals surface area contributed by atoms with Gasteiger partial charge in [-0.05, 0) is 36.1 Å². The molecule has 2 aromatic rings. The van der Waals surface area contributed by atoms with E-state index in [0.29, 0.717) is 12.0 Å². The maximum absolute atomic E-state index is 12.0. The Morgan fingerprint density at radius 2 is 2.09 bits per heavy atom. The summed E-state index contributed by atoms with van der Waals surface area (Å²) in [5.74, 6) is -0.203. The van der Waals surface area contributed by atoms with Crippen molar-refractivity contribution in [3.05, 3.63) is 48.4 Å². The van der Waals surface area contributed by atoms with Gasteiger partial charge in [-0.2, -0.15) is 5.26 Å². The number of hydrogen-bond acceptors (Lipinski definition) is 4. The van der Waals surface area contributed by atoms with Crippen LogP contribution in [0.25, 0.3) is 0 Å². The van der Waals surface area contributed by atoms with E-state index in [1.165, 1.54) is 12.5 Å². The van der Waals surface area contributed by atoms with Gasteiger partial charge in [0.15, 0.2) is 0 Å². The highest BCUT2D eigenvalue weighted by Crippen LogP contribution is 2.24. The number of anilines is 2. The highest BCUT2D eigenvalue weighted by molar-refractivity contribution is 6.04. The first kappa shape index (κ1) is 16.6. The number of rotatable bonds is 7. The fourth-order valence-electron chi connectivity index (χ4n) is 2.13. The van der Waals surface area contributed by atoms with E-state index in [1.807, 2.05) is 24.3 Å². The molecule has 0 radical (unpaired) electrons. The minimum absolute atomic E-state index is 0.0335. The lowest BCUT2D eigenvalue weighted by Crippen LogP contribution is -2.23. The second kappa shape index (κ2) is 7.50. The Morgan fingerprint density at radius 3 is 2.78 bits per heavy atom. The van der Waals surface area contributed by atoms with E-state index in [0.717, 1.165) is 24.3 Å². The Balaban J connectivity index is 1.95. The van der Waals surface area contributed by atoms with Gasteiger partial charge in [0, 0.05) is 24.3 Å². The molecule has 0 unspecified atom stereocenters. The van der Waals surface area contributed by atoms with Crippen LogP contribution in [0.4, 0.5) is 11.4 Å². The van der Waals surface area contributed by atoms with Gasteiger partial charge in [-0.1, -0.05) is 19.9 Å². The minimum atomic E-state index is -0.203. The van der Waals surface area contributed by atoms with Crippen LogP contribution in [0, 0.1) is 16.7 Å². The summed E-state index contributed by atoms with van der Waals surface area (Å²) in [6, 6.07) is 11.4. The van der Waals surface area contributed by atoms with E-state index >= 15 is 0 Å². The molecule has 5 heteroatoms. The van der Waals surface area contributed by atoms with Gasteiger partial charge in [0.2, 0.25) is 0 Å². The van der Waals surface area contributed by atoms with Gasteiger partial charge in [-0.25, -0.2) is 0 Å². The molecule has 0 aliphatic heterocycles. The Hall–Kier alpha value is -2.74. The Labute approximate surface area is 136 Å². The maximum Gasteiger partial charge on any atom is 0.258 e. The van der Waals surface area contributed by atoms with Gasteiger partial charge >= 0.3 is 0 Å². The van der Waals surface area contributed by atoms with Crippen molar-refractivity contribution in [1.29, 1.82) is 5.26 Å². The zero-order chi connectivity index (χ0) is 16.7. The first-order valence-corrected chi connectivity index (χ1v) is 7.55. The zero-order valence-corrected chi connectivity index (χ0v) is 13.4. The first-order chi connectivity index (χ1) is 11.0. The van der Waals surface area contributed by atoms with Gasteiger partial charge in [0.05, 0.1) is 17.9 Å². The van der Waals surface area contributed by atoms with E-state index in [1.54, 1.807) is 6.07 Å². The number of benzene rings is 1. The largest absolute Gasteiger partial charge is 0.472 e. The molecule has 0 saturated carbocycles. The van der Waals surface area contributed by atoms with Crippen LogP contribution >= 0.6 is 0 Å². The van der Waals surface area contributed by atoms with Crippen molar-refractivity contribution < 1.29 is 9.21 Å². The Kier molecular flexibility index (Phi) is 5.42. The number of nitrogens with one attached hydrogen (secondary N) is 2. The number of carbonyl (C=O) groups is 1. The quantitative estimate of drug-likeness (QED) is 0.800. The van der Waals surface area contributed by atoms with E-state index in [9.17, 15) is 4.79 Å². The number of nitriles is 1. The molecule has 0 atom stereocenters. The summed E-state index contributed by atoms with van der Waals surface area (Å²) in [6.45, 7) is 5.01. The predicted octanol–water partition coefficient (Wildman–Crippen LogP) is 4.27. The molecule has 0 spiro atoms. The zero-order valence-electron chi connectivity index (χ0n) is 13.4. The molecule has 0 saturated heterocycles. The first-order valence-electron chi connectivity index (χ1n) is 7.55. The minimum Gasteiger partial charge on any atom is -0.472 e. The summed E-state index contributed by atoms with van der Waals surface area (Å²) in [5.41, 5.74) is 2.17. The van der Waals surface area contributed by atoms with Crippen LogP contribution in [-0.4, -0.2) is 12.5 Å². The molecule has 1 aromatic carbocycles. The summed E-state index contributed by atoms with van der Waals surface area (Å²) < 4.78 is 4.91. The molecule has 2 N–H and O–H groups in total. The molecule has 1 heterocycles. The van der Waals surface area contributed by atoms with Crippen LogP contribution in [0.1, 0.15) is 37.0 Å². The normalized spacial score (nSPS) is 10.8. The molecule has 0 bridgehead atoms. The molecule has 0 fully saturated rings. The summed E-state index contributed by atoms with van der Waals surface area (Å²) in [6.07, 6.45) is 4.27. The van der Waals surface area contributed by atoms with Crippen molar-refractivity contribution in [1.82, 2.24) is 0 Å². The highest BCUT2D eigenvalue weighted by Gasteiger charge is 2.17. The van der Waals surface area contributed by atoms with Crippen molar-refractivity contribution in [3.8, 4) is 6.07 Å². The average molecular weight is 311 g/mol. The fraction of sp³-hybridized carbons (Fsp3) is 0.333. The van der Waals surface area contributed by atoms with Gasteiger partial charge in [-0.3, -0.25) is 4.79 Å². The second-order valence-corrected chi connectivity index (χ2v) is 6.22. The van der Waals surface area contributed by atoms with Gasteiger partial charge in [-0.15, -0.1) is 0 Å². The Bertz CT molecular complexity index is 685. The van der Waals surface area contributed by atoms with E-state index in [-0.39, 0.29) is 11.3 Å². The molecular weight excluding hydrogens is 290 g/mol. The maximum atomic E-state index is 12.0. The van der Waals surface area contributed by atoms with Crippen LogP contribution in [0.5, 0.6) is 0 Å². The third kappa shape index (κ3) is 5.19. The van der Waals surface area contributed by atoms with Crippen LogP contribution in [0.15, 0.2) is 47.3 Å². The summed E-state index contributed by atoms with van der Waals surface area (Å²) in [7, 11) is 0. The van der Waals surface area contributed by atoms with Crippen LogP contribution in [-0.2, 0) is 0 Å². The number of carbonyl (C=O) groups excluding carboxylic acids is 1. The lowest BCUT2D eigenvalue weighted by Gasteiger charge is -2.24. The van der Waals surface area contributed by atoms with Gasteiger partial charge in [0.25, 0.3) is 5.91 Å². The molecular formula is C18H21N3O2.